The Labute approximate surface area is 120 Å². The fraction of sp³-hybridized carbons (Fsp3) is 0.429. The molecule has 5 heteroatoms. The molecule has 0 saturated carbocycles. The number of thiazole rings is 1. The Hall–Kier alpha value is -1.20. The van der Waals surface area contributed by atoms with E-state index in [-0.39, 0.29) is 5.91 Å². The van der Waals surface area contributed by atoms with Gasteiger partial charge in [0.05, 0.1) is 5.69 Å². The molecule has 2 aromatic heterocycles. The average Bonchev–Trinajstić information content (AvgIpc) is 3.04. The smallest absolute Gasteiger partial charge is 0.226 e. The fourth-order valence-electron chi connectivity index (χ4n) is 2.28. The summed E-state index contributed by atoms with van der Waals surface area (Å²) in [5, 5.41) is 7.85. The molecule has 1 aliphatic carbocycles. The molecule has 2 aromatic rings. The van der Waals surface area contributed by atoms with E-state index in [1.807, 2.05) is 5.38 Å². The molecule has 0 aromatic carbocycles. The van der Waals surface area contributed by atoms with E-state index in [0.29, 0.717) is 6.42 Å². The maximum absolute atomic E-state index is 11.9. The Kier molecular flexibility index (Phi) is 3.94. The molecular weight excluding hydrogens is 276 g/mol. The van der Waals surface area contributed by atoms with Gasteiger partial charge in [-0.15, -0.1) is 11.3 Å². The van der Waals surface area contributed by atoms with E-state index < -0.39 is 0 Å². The lowest BCUT2D eigenvalue weighted by Gasteiger charge is -2.06. The second-order valence-electron chi connectivity index (χ2n) is 4.78. The molecule has 0 unspecified atom stereocenters. The second kappa shape index (κ2) is 5.84. The van der Waals surface area contributed by atoms with Gasteiger partial charge in [-0.3, -0.25) is 4.79 Å². The lowest BCUT2D eigenvalue weighted by atomic mass is 10.0. The normalized spacial score (nSPS) is 14.1. The number of hydrogen-bond acceptors (Lipinski definition) is 4. The van der Waals surface area contributed by atoms with Crippen molar-refractivity contribution < 1.29 is 4.79 Å². The number of hydrogen-bond donors (Lipinski definition) is 1. The minimum absolute atomic E-state index is 0.0669. The number of aromatic nitrogens is 1. The fourth-order valence-corrected chi connectivity index (χ4v) is 4.05. The third-order valence-electron chi connectivity index (χ3n) is 3.31. The first-order valence-corrected chi connectivity index (χ1v) is 8.37. The number of rotatable bonds is 4. The van der Waals surface area contributed by atoms with E-state index >= 15 is 0 Å². The van der Waals surface area contributed by atoms with Crippen molar-refractivity contribution in [2.75, 3.05) is 5.32 Å². The van der Waals surface area contributed by atoms with Crippen LogP contribution in [0, 0.1) is 0 Å². The highest BCUT2D eigenvalue weighted by Crippen LogP contribution is 2.29. The Morgan fingerprint density at radius 2 is 2.26 bits per heavy atom. The van der Waals surface area contributed by atoms with Crippen molar-refractivity contribution in [3.63, 3.8) is 0 Å². The van der Waals surface area contributed by atoms with Gasteiger partial charge in [0.1, 0.15) is 0 Å². The van der Waals surface area contributed by atoms with Crippen LogP contribution in [0.25, 0.3) is 0 Å². The zero-order valence-electron chi connectivity index (χ0n) is 10.6. The number of thiophene rings is 1. The van der Waals surface area contributed by atoms with Gasteiger partial charge in [-0.2, -0.15) is 11.3 Å². The number of fused-ring (bicyclic) bond motifs is 1. The number of nitrogens with zero attached hydrogens (tertiary/aromatic N) is 1. The highest BCUT2D eigenvalue weighted by atomic mass is 32.1. The van der Waals surface area contributed by atoms with Crippen LogP contribution in [-0.2, 0) is 24.1 Å². The number of amides is 1. The summed E-state index contributed by atoms with van der Waals surface area (Å²) in [6.07, 6.45) is 6.00. The number of nitrogens with one attached hydrogen (secondary N) is 1. The van der Waals surface area contributed by atoms with Crippen molar-refractivity contribution >= 4 is 33.7 Å². The lowest BCUT2D eigenvalue weighted by Crippen LogP contribution is -2.12. The van der Waals surface area contributed by atoms with Crippen LogP contribution < -0.4 is 5.32 Å². The van der Waals surface area contributed by atoms with E-state index in [9.17, 15) is 4.79 Å². The van der Waals surface area contributed by atoms with Gasteiger partial charge in [-0.25, -0.2) is 4.98 Å². The summed E-state index contributed by atoms with van der Waals surface area (Å²) in [6, 6.07) is 2.07. The molecule has 0 spiro atoms. The van der Waals surface area contributed by atoms with E-state index in [2.05, 4.69) is 21.7 Å². The number of aryl methyl sites for hydroxylation is 3. The Bertz CT molecular complexity index is 537. The second-order valence-corrected chi connectivity index (χ2v) is 6.64. The minimum atomic E-state index is 0.0669. The van der Waals surface area contributed by atoms with Crippen LogP contribution in [0.15, 0.2) is 16.8 Å². The predicted molar refractivity (Wildman–Crippen MR) is 80.0 cm³/mol. The van der Waals surface area contributed by atoms with Crippen LogP contribution in [0.2, 0.25) is 0 Å². The maximum atomic E-state index is 11.9. The molecule has 1 N–H and O–H groups in total. The number of carbonyl (C=O) groups is 1. The van der Waals surface area contributed by atoms with Crippen LogP contribution in [0.3, 0.4) is 0 Å². The largest absolute Gasteiger partial charge is 0.302 e. The SMILES string of the molecule is O=C(CCc1ccsc1)Nc1nc2c(s1)CCCC2. The molecule has 0 radical (unpaired) electrons. The van der Waals surface area contributed by atoms with Crippen LogP contribution in [0.4, 0.5) is 5.13 Å². The van der Waals surface area contributed by atoms with Gasteiger partial charge in [0, 0.05) is 11.3 Å². The Morgan fingerprint density at radius 1 is 1.37 bits per heavy atom. The molecule has 0 bridgehead atoms. The van der Waals surface area contributed by atoms with E-state index in [0.717, 1.165) is 24.4 Å². The molecule has 100 valence electrons. The van der Waals surface area contributed by atoms with E-state index in [1.54, 1.807) is 22.7 Å². The predicted octanol–water partition coefficient (Wildman–Crippen LogP) is 3.65. The summed E-state index contributed by atoms with van der Waals surface area (Å²) in [6.45, 7) is 0. The van der Waals surface area contributed by atoms with Crippen LogP contribution in [0.5, 0.6) is 0 Å². The molecule has 1 aliphatic rings. The molecule has 0 atom stereocenters. The lowest BCUT2D eigenvalue weighted by molar-refractivity contribution is -0.116. The third-order valence-corrected chi connectivity index (χ3v) is 5.12. The minimum Gasteiger partial charge on any atom is -0.302 e. The topological polar surface area (TPSA) is 42.0 Å². The summed E-state index contributed by atoms with van der Waals surface area (Å²) in [7, 11) is 0. The molecule has 3 nitrogen and oxygen atoms in total. The van der Waals surface area contributed by atoms with Crippen molar-refractivity contribution in [1.82, 2.24) is 4.98 Å². The van der Waals surface area contributed by atoms with Gasteiger partial charge in [0.2, 0.25) is 5.91 Å². The van der Waals surface area contributed by atoms with Gasteiger partial charge in [-0.1, -0.05) is 0 Å². The van der Waals surface area contributed by atoms with E-state index in [1.165, 1.54) is 29.0 Å². The molecule has 0 aliphatic heterocycles. The van der Waals surface area contributed by atoms with Crippen molar-refractivity contribution in [3.8, 4) is 0 Å². The Morgan fingerprint density at radius 3 is 3.05 bits per heavy atom. The molecule has 2 heterocycles. The number of anilines is 1. The van der Waals surface area contributed by atoms with E-state index in [4.69, 9.17) is 0 Å². The summed E-state index contributed by atoms with van der Waals surface area (Å²) < 4.78 is 0. The zero-order valence-corrected chi connectivity index (χ0v) is 12.3. The average molecular weight is 292 g/mol. The van der Waals surface area contributed by atoms with Gasteiger partial charge >= 0.3 is 0 Å². The first-order chi connectivity index (χ1) is 9.31. The van der Waals surface area contributed by atoms with Crippen LogP contribution in [-0.4, -0.2) is 10.9 Å². The third kappa shape index (κ3) is 3.22. The first-order valence-electron chi connectivity index (χ1n) is 6.61. The van der Waals surface area contributed by atoms with Gasteiger partial charge in [0.15, 0.2) is 5.13 Å². The Balaban J connectivity index is 1.55. The standard InChI is InChI=1S/C14H16N2OS2/c17-13(6-5-10-7-8-18-9-10)16-14-15-11-3-1-2-4-12(11)19-14/h7-9H,1-6H2,(H,15,16,17). The zero-order chi connectivity index (χ0) is 13.1. The molecule has 3 rings (SSSR count). The van der Waals surface area contributed by atoms with Crippen LogP contribution in [0.1, 0.15) is 35.4 Å². The maximum Gasteiger partial charge on any atom is 0.226 e. The van der Waals surface area contributed by atoms with Gasteiger partial charge < -0.3 is 5.32 Å². The highest BCUT2D eigenvalue weighted by molar-refractivity contribution is 7.15. The van der Waals surface area contributed by atoms with Gasteiger partial charge in [0.25, 0.3) is 0 Å². The number of carbonyl (C=O) groups excluding carboxylic acids is 1. The highest BCUT2D eigenvalue weighted by Gasteiger charge is 2.16. The molecular formula is C14H16N2OS2. The quantitative estimate of drug-likeness (QED) is 0.934. The molecule has 19 heavy (non-hydrogen) atoms. The summed E-state index contributed by atoms with van der Waals surface area (Å²) in [5.41, 5.74) is 2.43. The van der Waals surface area contributed by atoms with Crippen molar-refractivity contribution in [2.24, 2.45) is 0 Å². The van der Waals surface area contributed by atoms with Crippen molar-refractivity contribution in [2.45, 2.75) is 38.5 Å². The summed E-state index contributed by atoms with van der Waals surface area (Å²) >= 11 is 3.32. The van der Waals surface area contributed by atoms with Gasteiger partial charge in [-0.05, 0) is 54.5 Å². The summed E-state index contributed by atoms with van der Waals surface area (Å²) in [4.78, 5) is 17.8. The van der Waals surface area contributed by atoms with Crippen LogP contribution >= 0.6 is 22.7 Å². The monoisotopic (exact) mass is 292 g/mol. The first kappa shape index (κ1) is 12.8. The molecule has 1 amide bonds. The molecule has 0 fully saturated rings. The molecule has 0 saturated heterocycles. The van der Waals surface area contributed by atoms with Crippen molar-refractivity contribution in [1.29, 1.82) is 0 Å². The summed E-state index contributed by atoms with van der Waals surface area (Å²) in [5.74, 6) is 0.0669. The van der Waals surface area contributed by atoms with Crippen molar-refractivity contribution in [3.05, 3.63) is 33.0 Å².